The third kappa shape index (κ3) is 1.86. The number of fused-ring (bicyclic) bond motifs is 1. The lowest BCUT2D eigenvalue weighted by Gasteiger charge is -2.29. The Balaban J connectivity index is 2.64. The first-order valence-electron chi connectivity index (χ1n) is 5.59. The maximum absolute atomic E-state index is 12.1. The summed E-state index contributed by atoms with van der Waals surface area (Å²) in [4.78, 5) is 23.2. The molecule has 5 heteroatoms. The van der Waals surface area contributed by atoms with Crippen molar-refractivity contribution < 1.29 is 19.4 Å². The second-order valence-electron chi connectivity index (χ2n) is 4.40. The van der Waals surface area contributed by atoms with Crippen LogP contribution >= 0.6 is 11.6 Å². The van der Waals surface area contributed by atoms with E-state index in [1.54, 1.807) is 19.1 Å². The fraction of sp³-hybridized carbons (Fsp3) is 0.385. The Labute approximate surface area is 110 Å². The molecule has 0 radical (unpaired) electrons. The molecule has 0 aliphatic heterocycles. The zero-order valence-electron chi connectivity index (χ0n) is 10.1. The number of aliphatic carboxylic acids is 1. The minimum absolute atomic E-state index is 0.0137. The van der Waals surface area contributed by atoms with E-state index in [2.05, 4.69) is 0 Å². The zero-order valence-corrected chi connectivity index (χ0v) is 10.8. The molecule has 1 aliphatic rings. The van der Waals surface area contributed by atoms with Gasteiger partial charge in [-0.2, -0.15) is 0 Å². The van der Waals surface area contributed by atoms with E-state index in [0.29, 0.717) is 21.9 Å². The van der Waals surface area contributed by atoms with Gasteiger partial charge in [-0.3, -0.25) is 9.59 Å². The number of methoxy groups -OCH3 is 1. The Kier molecular flexibility index (Phi) is 3.30. The number of Topliss-reactive ketones (excluding diaryl/α,β-unsaturated/α-hetero) is 1. The molecule has 4 nitrogen and oxygen atoms in total. The standard InChI is InChI=1S/C13H13ClO4/c1-6-7(13(16)17)5-9(15)12-10(18-2)4-3-8(14)11(6)12/h3-4,6-7H,5H2,1-2H3,(H,16,17)/t6-,7+/m0/s1. The number of rotatable bonds is 2. The molecule has 96 valence electrons. The van der Waals surface area contributed by atoms with Crippen LogP contribution in [0.4, 0.5) is 0 Å². The SMILES string of the molecule is COc1ccc(Cl)c2c1C(=O)C[C@@H](C(=O)O)[C@@H]2C. The second-order valence-corrected chi connectivity index (χ2v) is 4.81. The van der Waals surface area contributed by atoms with Crippen LogP contribution < -0.4 is 4.74 Å². The molecule has 0 saturated carbocycles. The number of carbonyl (C=O) groups is 2. The van der Waals surface area contributed by atoms with Crippen LogP contribution in [0, 0.1) is 5.92 Å². The minimum Gasteiger partial charge on any atom is -0.496 e. The average Bonchev–Trinajstić information content (AvgIpc) is 2.33. The maximum atomic E-state index is 12.1. The summed E-state index contributed by atoms with van der Waals surface area (Å²) in [5, 5.41) is 9.56. The van der Waals surface area contributed by atoms with Gasteiger partial charge in [-0.1, -0.05) is 18.5 Å². The molecule has 0 unspecified atom stereocenters. The van der Waals surface area contributed by atoms with Crippen LogP contribution in [0.25, 0.3) is 0 Å². The number of hydrogen-bond acceptors (Lipinski definition) is 3. The number of benzene rings is 1. The average molecular weight is 269 g/mol. The summed E-state index contributed by atoms with van der Waals surface area (Å²) in [7, 11) is 1.48. The van der Waals surface area contributed by atoms with Crippen molar-refractivity contribution in [2.45, 2.75) is 19.3 Å². The normalized spacial score (nSPS) is 22.5. The molecule has 18 heavy (non-hydrogen) atoms. The topological polar surface area (TPSA) is 63.6 Å². The monoisotopic (exact) mass is 268 g/mol. The summed E-state index contributed by atoms with van der Waals surface area (Å²) in [5.41, 5.74) is 1.01. The quantitative estimate of drug-likeness (QED) is 0.896. The molecule has 0 saturated heterocycles. The predicted octanol–water partition coefficient (Wildman–Crippen LogP) is 2.74. The highest BCUT2D eigenvalue weighted by Crippen LogP contribution is 2.43. The van der Waals surface area contributed by atoms with Crippen molar-refractivity contribution in [3.8, 4) is 5.75 Å². The van der Waals surface area contributed by atoms with Crippen LogP contribution in [-0.2, 0) is 4.79 Å². The minimum atomic E-state index is -0.972. The van der Waals surface area contributed by atoms with Crippen LogP contribution in [0.2, 0.25) is 5.02 Å². The third-order valence-electron chi connectivity index (χ3n) is 3.43. The predicted molar refractivity (Wildman–Crippen MR) is 66.5 cm³/mol. The number of carboxylic acid groups (broad SMARTS) is 1. The van der Waals surface area contributed by atoms with E-state index in [0.717, 1.165) is 0 Å². The molecule has 0 spiro atoms. The molecular formula is C13H13ClO4. The van der Waals surface area contributed by atoms with Gasteiger partial charge in [0.2, 0.25) is 0 Å². The molecular weight excluding hydrogens is 256 g/mol. The van der Waals surface area contributed by atoms with Crippen molar-refractivity contribution in [1.82, 2.24) is 0 Å². The Morgan fingerprint density at radius 2 is 2.17 bits per heavy atom. The van der Waals surface area contributed by atoms with Crippen LogP contribution in [-0.4, -0.2) is 24.0 Å². The van der Waals surface area contributed by atoms with Crippen LogP contribution in [0.1, 0.15) is 35.2 Å². The molecule has 1 aromatic carbocycles. The van der Waals surface area contributed by atoms with Crippen molar-refractivity contribution in [1.29, 1.82) is 0 Å². The maximum Gasteiger partial charge on any atom is 0.307 e. The Morgan fingerprint density at radius 1 is 1.50 bits per heavy atom. The first-order valence-corrected chi connectivity index (χ1v) is 5.97. The lowest BCUT2D eigenvalue weighted by molar-refractivity contribution is -0.142. The molecule has 2 atom stereocenters. The third-order valence-corrected chi connectivity index (χ3v) is 3.76. The number of halogens is 1. The van der Waals surface area contributed by atoms with Gasteiger partial charge in [-0.05, 0) is 23.6 Å². The Morgan fingerprint density at radius 3 is 2.72 bits per heavy atom. The van der Waals surface area contributed by atoms with Crippen LogP contribution in [0.15, 0.2) is 12.1 Å². The van der Waals surface area contributed by atoms with Gasteiger partial charge in [0.1, 0.15) is 5.75 Å². The smallest absolute Gasteiger partial charge is 0.307 e. The molecule has 0 amide bonds. The van der Waals surface area contributed by atoms with E-state index in [9.17, 15) is 9.59 Å². The summed E-state index contributed by atoms with van der Waals surface area (Å²) in [6, 6.07) is 3.26. The second kappa shape index (κ2) is 4.61. The highest BCUT2D eigenvalue weighted by atomic mass is 35.5. The summed E-state index contributed by atoms with van der Waals surface area (Å²) in [5.74, 6) is -1.78. The Bertz CT molecular complexity index is 524. The van der Waals surface area contributed by atoms with Crippen molar-refractivity contribution >= 4 is 23.4 Å². The van der Waals surface area contributed by atoms with E-state index >= 15 is 0 Å². The number of hydrogen-bond donors (Lipinski definition) is 1. The highest BCUT2D eigenvalue weighted by Gasteiger charge is 2.38. The van der Waals surface area contributed by atoms with E-state index in [4.69, 9.17) is 21.4 Å². The molecule has 1 aromatic rings. The van der Waals surface area contributed by atoms with Gasteiger partial charge in [0, 0.05) is 11.4 Å². The molecule has 1 N–H and O–H groups in total. The fourth-order valence-electron chi connectivity index (χ4n) is 2.46. The number of ketones is 1. The van der Waals surface area contributed by atoms with Crippen molar-refractivity contribution in [3.63, 3.8) is 0 Å². The lowest BCUT2D eigenvalue weighted by atomic mass is 9.75. The van der Waals surface area contributed by atoms with Crippen molar-refractivity contribution in [2.75, 3.05) is 7.11 Å². The van der Waals surface area contributed by atoms with Crippen LogP contribution in [0.3, 0.4) is 0 Å². The zero-order chi connectivity index (χ0) is 13.4. The molecule has 2 rings (SSSR count). The van der Waals surface area contributed by atoms with Gasteiger partial charge in [-0.15, -0.1) is 0 Å². The Hall–Kier alpha value is -1.55. The summed E-state index contributed by atoms with van der Waals surface area (Å²) in [6.45, 7) is 1.77. The van der Waals surface area contributed by atoms with Gasteiger partial charge >= 0.3 is 5.97 Å². The first kappa shape index (κ1) is 12.9. The van der Waals surface area contributed by atoms with Crippen LogP contribution in [0.5, 0.6) is 5.75 Å². The molecule has 1 aliphatic carbocycles. The van der Waals surface area contributed by atoms with E-state index in [1.165, 1.54) is 7.11 Å². The lowest BCUT2D eigenvalue weighted by Crippen LogP contribution is -2.30. The van der Waals surface area contributed by atoms with Crippen molar-refractivity contribution in [2.24, 2.45) is 5.92 Å². The summed E-state index contributed by atoms with van der Waals surface area (Å²) < 4.78 is 5.16. The van der Waals surface area contributed by atoms with E-state index in [1.807, 2.05) is 0 Å². The summed E-state index contributed by atoms with van der Waals surface area (Å²) >= 11 is 6.10. The molecule has 0 fully saturated rings. The van der Waals surface area contributed by atoms with Gasteiger partial charge in [0.25, 0.3) is 0 Å². The molecule has 0 bridgehead atoms. The van der Waals surface area contributed by atoms with Gasteiger partial charge in [0.05, 0.1) is 18.6 Å². The summed E-state index contributed by atoms with van der Waals surface area (Å²) in [6.07, 6.45) is -0.0137. The number of carbonyl (C=O) groups excluding carboxylic acids is 1. The van der Waals surface area contributed by atoms with E-state index < -0.39 is 11.9 Å². The largest absolute Gasteiger partial charge is 0.496 e. The van der Waals surface area contributed by atoms with Gasteiger partial charge in [-0.25, -0.2) is 0 Å². The highest BCUT2D eigenvalue weighted by molar-refractivity contribution is 6.32. The van der Waals surface area contributed by atoms with Gasteiger partial charge in [0.15, 0.2) is 5.78 Å². The fourth-order valence-corrected chi connectivity index (χ4v) is 2.79. The number of ether oxygens (including phenoxy) is 1. The number of carboxylic acids is 1. The molecule has 0 heterocycles. The van der Waals surface area contributed by atoms with Crippen molar-refractivity contribution in [3.05, 3.63) is 28.3 Å². The molecule has 0 aromatic heterocycles. The van der Waals surface area contributed by atoms with E-state index in [-0.39, 0.29) is 18.1 Å². The van der Waals surface area contributed by atoms with Gasteiger partial charge < -0.3 is 9.84 Å². The first-order chi connectivity index (χ1) is 8.47.